The molecule has 0 radical (unpaired) electrons. The van der Waals surface area contributed by atoms with Gasteiger partial charge in [0.15, 0.2) is 0 Å². The lowest BCUT2D eigenvalue weighted by molar-refractivity contribution is -0.143. The summed E-state index contributed by atoms with van der Waals surface area (Å²) < 4.78 is 23.1. The molecule has 0 bridgehead atoms. The molecule has 1 aromatic rings. The Labute approximate surface area is 132 Å². The Hall–Kier alpha value is -1.36. The first-order valence-electron chi connectivity index (χ1n) is 7.59. The van der Waals surface area contributed by atoms with Crippen LogP contribution in [0.2, 0.25) is 0 Å². The number of carbonyl (C=O) groups is 1. The lowest BCUT2D eigenvalue weighted by Gasteiger charge is -2.27. The standard InChI is InChI=1S/C17H24O4S/c1-16(2,12-22(3,20)21)13-6-8-14(9-7-13)17(15(18)19)10-4-5-11-17/h6-9H,4-5,10-12H2,1-3H3,(H,18,19). The Morgan fingerprint density at radius 3 is 2.09 bits per heavy atom. The van der Waals surface area contributed by atoms with Gasteiger partial charge < -0.3 is 5.11 Å². The average molecular weight is 324 g/mol. The first-order chi connectivity index (χ1) is 10.1. The van der Waals surface area contributed by atoms with Crippen LogP contribution in [0.5, 0.6) is 0 Å². The molecule has 0 saturated heterocycles. The third-order valence-corrected chi connectivity index (χ3v) is 5.95. The number of sulfone groups is 1. The van der Waals surface area contributed by atoms with Crippen LogP contribution in [0.15, 0.2) is 24.3 Å². The predicted octanol–water partition coefficient (Wildman–Crippen LogP) is 2.91. The molecule has 2 rings (SSSR count). The fraction of sp³-hybridized carbons (Fsp3) is 0.588. The van der Waals surface area contributed by atoms with E-state index in [0.29, 0.717) is 12.8 Å². The van der Waals surface area contributed by atoms with E-state index in [1.807, 2.05) is 38.1 Å². The number of carboxylic acids is 1. The van der Waals surface area contributed by atoms with Gasteiger partial charge in [-0.15, -0.1) is 0 Å². The maximum atomic E-state index is 11.7. The van der Waals surface area contributed by atoms with Gasteiger partial charge in [0, 0.05) is 11.7 Å². The molecule has 0 unspecified atom stereocenters. The smallest absolute Gasteiger partial charge is 0.314 e. The average Bonchev–Trinajstić information content (AvgIpc) is 2.86. The summed E-state index contributed by atoms with van der Waals surface area (Å²) in [6, 6.07) is 7.48. The van der Waals surface area contributed by atoms with Crippen LogP contribution in [0.25, 0.3) is 0 Å². The van der Waals surface area contributed by atoms with Crippen molar-refractivity contribution in [2.24, 2.45) is 0 Å². The molecule has 22 heavy (non-hydrogen) atoms. The minimum absolute atomic E-state index is 0.0728. The van der Waals surface area contributed by atoms with Gasteiger partial charge in [0.05, 0.1) is 11.2 Å². The SMILES string of the molecule is CC(C)(CS(C)(=O)=O)c1ccc(C2(C(=O)O)CCCC2)cc1. The van der Waals surface area contributed by atoms with Crippen LogP contribution in [0, 0.1) is 0 Å². The van der Waals surface area contributed by atoms with E-state index in [4.69, 9.17) is 0 Å². The number of rotatable bonds is 5. The number of hydrogen-bond donors (Lipinski definition) is 1. The topological polar surface area (TPSA) is 71.4 Å². The van der Waals surface area contributed by atoms with Crippen molar-refractivity contribution >= 4 is 15.8 Å². The lowest BCUT2D eigenvalue weighted by Crippen LogP contribution is -2.33. The molecule has 0 atom stereocenters. The quantitative estimate of drug-likeness (QED) is 0.904. The molecule has 1 fully saturated rings. The summed E-state index contributed by atoms with van der Waals surface area (Å²) in [6.45, 7) is 3.79. The molecule has 1 N–H and O–H groups in total. The monoisotopic (exact) mass is 324 g/mol. The molecule has 1 aliphatic carbocycles. The highest BCUT2D eigenvalue weighted by Gasteiger charge is 2.42. The minimum Gasteiger partial charge on any atom is -0.481 e. The zero-order valence-electron chi connectivity index (χ0n) is 13.4. The van der Waals surface area contributed by atoms with Gasteiger partial charge in [-0.05, 0) is 24.0 Å². The highest BCUT2D eigenvalue weighted by atomic mass is 32.2. The third kappa shape index (κ3) is 3.35. The molecule has 1 saturated carbocycles. The lowest BCUT2D eigenvalue weighted by atomic mass is 9.77. The zero-order chi connectivity index (χ0) is 16.6. The van der Waals surface area contributed by atoms with E-state index in [1.165, 1.54) is 6.26 Å². The molecule has 0 aromatic heterocycles. The second kappa shape index (κ2) is 5.69. The van der Waals surface area contributed by atoms with E-state index < -0.39 is 26.6 Å². The van der Waals surface area contributed by atoms with E-state index in [1.54, 1.807) is 0 Å². The molecule has 0 heterocycles. The maximum absolute atomic E-state index is 11.7. The summed E-state index contributed by atoms with van der Waals surface area (Å²) >= 11 is 0. The highest BCUT2D eigenvalue weighted by Crippen LogP contribution is 2.42. The Balaban J connectivity index is 2.32. The molecule has 0 amide bonds. The van der Waals surface area contributed by atoms with Crippen molar-refractivity contribution in [2.75, 3.05) is 12.0 Å². The van der Waals surface area contributed by atoms with Gasteiger partial charge >= 0.3 is 5.97 Å². The van der Waals surface area contributed by atoms with Crippen LogP contribution in [0.4, 0.5) is 0 Å². The minimum atomic E-state index is -3.08. The van der Waals surface area contributed by atoms with E-state index in [-0.39, 0.29) is 5.75 Å². The number of benzene rings is 1. The molecule has 1 aromatic carbocycles. The van der Waals surface area contributed by atoms with E-state index in [0.717, 1.165) is 24.0 Å². The summed E-state index contributed by atoms with van der Waals surface area (Å²) in [7, 11) is -3.08. The van der Waals surface area contributed by atoms with Gasteiger partial charge in [0.2, 0.25) is 0 Å². The molecular weight excluding hydrogens is 300 g/mol. The fourth-order valence-electron chi connectivity index (χ4n) is 3.58. The molecular formula is C17H24O4S. The number of carboxylic acid groups (broad SMARTS) is 1. The summed E-state index contributed by atoms with van der Waals surface area (Å²) in [5, 5.41) is 9.62. The zero-order valence-corrected chi connectivity index (χ0v) is 14.2. The Morgan fingerprint density at radius 1 is 1.18 bits per heavy atom. The van der Waals surface area contributed by atoms with Crippen LogP contribution in [0.1, 0.15) is 50.7 Å². The summed E-state index contributed by atoms with van der Waals surface area (Å²) in [6.07, 6.45) is 4.46. The van der Waals surface area contributed by atoms with Crippen molar-refractivity contribution in [3.63, 3.8) is 0 Å². The molecule has 5 heteroatoms. The summed E-state index contributed by atoms with van der Waals surface area (Å²) in [5.41, 5.74) is 0.495. The second-order valence-electron chi connectivity index (χ2n) is 7.13. The fourth-order valence-corrected chi connectivity index (χ4v) is 5.06. The maximum Gasteiger partial charge on any atom is 0.314 e. The summed E-state index contributed by atoms with van der Waals surface area (Å²) in [5.74, 6) is -0.684. The van der Waals surface area contributed by atoms with Gasteiger partial charge in [0.1, 0.15) is 9.84 Å². The first kappa shape index (κ1) is 17.0. The molecule has 1 aliphatic rings. The van der Waals surface area contributed by atoms with Crippen molar-refractivity contribution in [3.8, 4) is 0 Å². The largest absolute Gasteiger partial charge is 0.481 e. The van der Waals surface area contributed by atoms with E-state index in [9.17, 15) is 18.3 Å². The van der Waals surface area contributed by atoms with Crippen LogP contribution < -0.4 is 0 Å². The normalized spacial score (nSPS) is 18.3. The van der Waals surface area contributed by atoms with Crippen molar-refractivity contribution < 1.29 is 18.3 Å². The highest BCUT2D eigenvalue weighted by molar-refractivity contribution is 7.90. The van der Waals surface area contributed by atoms with E-state index in [2.05, 4.69) is 0 Å². The van der Waals surface area contributed by atoms with Gasteiger partial charge in [-0.3, -0.25) is 4.79 Å². The molecule has 122 valence electrons. The molecule has 0 aliphatic heterocycles. The molecule has 4 nitrogen and oxygen atoms in total. The Morgan fingerprint density at radius 2 is 1.68 bits per heavy atom. The van der Waals surface area contributed by atoms with Crippen molar-refractivity contribution in [1.82, 2.24) is 0 Å². The van der Waals surface area contributed by atoms with Crippen LogP contribution in [-0.4, -0.2) is 31.5 Å². The second-order valence-corrected chi connectivity index (χ2v) is 9.27. The molecule has 0 spiro atoms. The van der Waals surface area contributed by atoms with Crippen LogP contribution in [0.3, 0.4) is 0 Å². The first-order valence-corrected chi connectivity index (χ1v) is 9.65. The number of hydrogen-bond acceptors (Lipinski definition) is 3. The van der Waals surface area contributed by atoms with Gasteiger partial charge in [-0.1, -0.05) is 51.0 Å². The Bertz CT molecular complexity index is 650. The summed E-state index contributed by atoms with van der Waals surface area (Å²) in [4.78, 5) is 11.7. The van der Waals surface area contributed by atoms with Gasteiger partial charge in [-0.25, -0.2) is 8.42 Å². The van der Waals surface area contributed by atoms with Crippen molar-refractivity contribution in [2.45, 2.75) is 50.4 Å². The van der Waals surface area contributed by atoms with Crippen LogP contribution in [-0.2, 0) is 25.5 Å². The van der Waals surface area contributed by atoms with Gasteiger partial charge in [0.25, 0.3) is 0 Å². The van der Waals surface area contributed by atoms with Crippen molar-refractivity contribution in [1.29, 1.82) is 0 Å². The van der Waals surface area contributed by atoms with Crippen molar-refractivity contribution in [3.05, 3.63) is 35.4 Å². The number of aliphatic carboxylic acids is 1. The van der Waals surface area contributed by atoms with E-state index >= 15 is 0 Å². The predicted molar refractivity (Wildman–Crippen MR) is 87.0 cm³/mol. The third-order valence-electron chi connectivity index (χ3n) is 4.71. The van der Waals surface area contributed by atoms with Gasteiger partial charge in [-0.2, -0.15) is 0 Å². The van der Waals surface area contributed by atoms with Crippen LogP contribution >= 0.6 is 0 Å². The Kier molecular flexibility index (Phi) is 4.39.